The summed E-state index contributed by atoms with van der Waals surface area (Å²) in [7, 11) is 0. The van der Waals surface area contributed by atoms with Crippen molar-refractivity contribution in [3.63, 3.8) is 0 Å². The third-order valence-electron chi connectivity index (χ3n) is 0.374. The van der Waals surface area contributed by atoms with Crippen molar-refractivity contribution in [2.75, 3.05) is 6.54 Å². The van der Waals surface area contributed by atoms with E-state index in [-0.39, 0.29) is 27.0 Å². The normalized spacial score (nSPS) is 6.43. The molecule has 0 aliphatic carbocycles. The summed E-state index contributed by atoms with van der Waals surface area (Å²) in [5.74, 6) is -0.211. The first-order valence-electron chi connectivity index (χ1n) is 1.87. The molecule has 0 aromatic heterocycles. The topological polar surface area (TPSA) is 29.1 Å². The van der Waals surface area contributed by atoms with Gasteiger partial charge in [0.2, 0.25) is 0 Å². The molecule has 0 aromatic rings. The fourth-order valence-electron chi connectivity index (χ4n) is 0.197. The third-order valence-corrected chi connectivity index (χ3v) is 0.374. The first-order valence-corrected chi connectivity index (χ1v) is 1.87. The van der Waals surface area contributed by atoms with Crippen molar-refractivity contribution in [3.05, 3.63) is 6.92 Å². The number of carbonyl (C=O) groups is 1. The fourth-order valence-corrected chi connectivity index (χ4v) is 0.197. The van der Waals surface area contributed by atoms with E-state index >= 15 is 0 Å². The fraction of sp³-hybridized carbons (Fsp3) is 0.500. The van der Waals surface area contributed by atoms with Gasteiger partial charge >= 0.3 is 21.1 Å². The van der Waals surface area contributed by atoms with Crippen molar-refractivity contribution < 1.29 is 25.9 Å². The second-order valence-corrected chi connectivity index (χ2v) is 0.954. The second-order valence-electron chi connectivity index (χ2n) is 0.954. The van der Waals surface area contributed by atoms with Crippen molar-refractivity contribution in [3.8, 4) is 0 Å². The van der Waals surface area contributed by atoms with Crippen LogP contribution in [0.5, 0.6) is 0 Å². The summed E-state index contributed by atoms with van der Waals surface area (Å²) < 4.78 is 0. The number of rotatable bonds is 1. The van der Waals surface area contributed by atoms with Gasteiger partial charge in [-0.2, -0.15) is 0 Å². The summed E-state index contributed by atoms with van der Waals surface area (Å²) in [6, 6.07) is 0. The second kappa shape index (κ2) is 6.03. The number of hydrogen-bond acceptors (Lipinski definition) is 1. The van der Waals surface area contributed by atoms with Gasteiger partial charge in [-0.1, -0.05) is 0 Å². The molecule has 3 heteroatoms. The van der Waals surface area contributed by atoms with Crippen molar-refractivity contribution in [1.82, 2.24) is 5.32 Å². The van der Waals surface area contributed by atoms with E-state index in [1.54, 1.807) is 0 Å². The van der Waals surface area contributed by atoms with Gasteiger partial charge in [-0.25, -0.2) is 0 Å². The van der Waals surface area contributed by atoms with E-state index in [1.165, 1.54) is 0 Å². The molecule has 0 aromatic carbocycles. The van der Waals surface area contributed by atoms with Crippen molar-refractivity contribution >= 4 is 5.91 Å². The maximum atomic E-state index is 9.82. The summed E-state index contributed by atoms with van der Waals surface area (Å²) in [5.41, 5.74) is 0. The van der Waals surface area contributed by atoms with E-state index in [9.17, 15) is 4.79 Å². The molecule has 7 heavy (non-hydrogen) atoms. The zero-order chi connectivity index (χ0) is 4.99. The monoisotopic (exact) mass is 270 g/mol. The van der Waals surface area contributed by atoms with Crippen molar-refractivity contribution in [2.24, 2.45) is 0 Å². The quantitative estimate of drug-likeness (QED) is 0.665. The van der Waals surface area contributed by atoms with Crippen molar-refractivity contribution in [2.45, 2.75) is 6.92 Å². The molecule has 0 rings (SSSR count). The number of hydrogen-bond donors (Lipinski definition) is 1. The molecule has 0 saturated heterocycles. The summed E-state index contributed by atoms with van der Waals surface area (Å²) >= 11 is 0. The van der Waals surface area contributed by atoms with Crippen LogP contribution >= 0.6 is 0 Å². The van der Waals surface area contributed by atoms with Gasteiger partial charge in [0.15, 0.2) is 0 Å². The number of carbonyl (C=O) groups excluding carboxylic acids is 1. The van der Waals surface area contributed by atoms with Crippen LogP contribution in [0.15, 0.2) is 0 Å². The van der Waals surface area contributed by atoms with Crippen LogP contribution in [0.2, 0.25) is 0 Å². The first kappa shape index (κ1) is 10.1. The molecule has 1 amide bonds. The summed E-state index contributed by atoms with van der Waals surface area (Å²) in [4.78, 5) is 9.82. The Morgan fingerprint density at radius 2 is 2.29 bits per heavy atom. The molecule has 0 aliphatic rings. The maximum absolute atomic E-state index is 9.82. The Labute approximate surface area is 57.9 Å². The molecule has 0 spiro atoms. The van der Waals surface area contributed by atoms with Gasteiger partial charge in [-0.15, -0.1) is 0 Å². The van der Waals surface area contributed by atoms with Crippen LogP contribution in [-0.2, 0) is 25.9 Å². The Morgan fingerprint density at radius 3 is 2.29 bits per heavy atom. The molecule has 0 fully saturated rings. The Bertz CT molecular complexity index is 55.7. The average Bonchev–Trinajstić information content (AvgIpc) is 1.35. The SMILES string of the molecule is [CH2-]C(=O)NCC.[W+2]. The molecule has 40 valence electrons. The molecular formula is C4H8NOW+. The Morgan fingerprint density at radius 1 is 1.86 bits per heavy atom. The molecule has 0 aliphatic heterocycles. The standard InChI is InChI=1S/C4H8NO.W/c1-3-5-4(2)6;/h2-3H2,1H3,(H,5,6);/q-1;+2. The van der Waals surface area contributed by atoms with Gasteiger partial charge in [0.25, 0.3) is 0 Å². The van der Waals surface area contributed by atoms with Crippen LogP contribution in [-0.4, -0.2) is 12.5 Å². The van der Waals surface area contributed by atoms with Crippen LogP contribution in [0.3, 0.4) is 0 Å². The number of nitrogens with one attached hydrogen (secondary N) is 1. The maximum Gasteiger partial charge on any atom is 2.00 e. The van der Waals surface area contributed by atoms with Crippen molar-refractivity contribution in [1.29, 1.82) is 0 Å². The minimum absolute atomic E-state index is 0. The minimum Gasteiger partial charge on any atom is -0.381 e. The third kappa shape index (κ3) is 10.7. The largest absolute Gasteiger partial charge is 2.00 e. The van der Waals surface area contributed by atoms with Crippen LogP contribution in [0, 0.1) is 6.92 Å². The first-order chi connectivity index (χ1) is 2.77. The predicted octanol–water partition coefficient (Wildman–Crippen LogP) is -0.0459. The van der Waals surface area contributed by atoms with Gasteiger partial charge in [0.05, 0.1) is 5.91 Å². The Hall–Kier alpha value is 0.0283. The molecular weight excluding hydrogens is 262 g/mol. The van der Waals surface area contributed by atoms with E-state index in [4.69, 9.17) is 0 Å². The molecule has 0 unspecified atom stereocenters. The summed E-state index contributed by atoms with van der Waals surface area (Å²) in [6.07, 6.45) is 0. The zero-order valence-corrected chi connectivity index (χ0v) is 7.16. The molecule has 0 heterocycles. The van der Waals surface area contributed by atoms with E-state index in [0.29, 0.717) is 6.54 Å². The molecule has 0 bridgehead atoms. The predicted molar refractivity (Wildman–Crippen MR) is 24.0 cm³/mol. The Balaban J connectivity index is 0. The van der Waals surface area contributed by atoms with Crippen LogP contribution in [0.4, 0.5) is 0 Å². The van der Waals surface area contributed by atoms with Crippen LogP contribution < -0.4 is 5.32 Å². The van der Waals surface area contributed by atoms with E-state index in [1.807, 2.05) is 6.92 Å². The molecule has 0 atom stereocenters. The van der Waals surface area contributed by atoms with Gasteiger partial charge in [0.1, 0.15) is 0 Å². The molecule has 0 radical (unpaired) electrons. The van der Waals surface area contributed by atoms with E-state index in [2.05, 4.69) is 12.2 Å². The summed E-state index contributed by atoms with van der Waals surface area (Å²) in [6.45, 7) is 5.60. The van der Waals surface area contributed by atoms with Gasteiger partial charge in [0, 0.05) is 6.54 Å². The van der Waals surface area contributed by atoms with Crippen LogP contribution in [0.1, 0.15) is 6.92 Å². The van der Waals surface area contributed by atoms with Gasteiger partial charge < -0.3 is 17.0 Å². The van der Waals surface area contributed by atoms with Gasteiger partial charge in [-0.05, 0) is 6.92 Å². The molecule has 1 N–H and O–H groups in total. The summed E-state index contributed by atoms with van der Waals surface area (Å²) in [5, 5.41) is 2.46. The van der Waals surface area contributed by atoms with Crippen LogP contribution in [0.25, 0.3) is 0 Å². The smallest absolute Gasteiger partial charge is 0.381 e. The Kier molecular flexibility index (Phi) is 8.70. The van der Waals surface area contributed by atoms with Gasteiger partial charge in [-0.3, -0.25) is 0 Å². The zero-order valence-electron chi connectivity index (χ0n) is 4.23. The van der Waals surface area contributed by atoms with E-state index < -0.39 is 0 Å². The minimum atomic E-state index is -0.211. The van der Waals surface area contributed by atoms with E-state index in [0.717, 1.165) is 0 Å². The molecule has 0 saturated carbocycles. The number of amides is 1. The molecule has 2 nitrogen and oxygen atoms in total. The average molecular weight is 270 g/mol.